The molecule has 2 fully saturated rings. The van der Waals surface area contributed by atoms with Crippen molar-refractivity contribution in [3.63, 3.8) is 0 Å². The number of benzene rings is 1. The number of phenols is 1. The Kier molecular flexibility index (Phi) is 6.51. The maximum Gasteiger partial charge on any atom is 0.336 e. The molecule has 0 bridgehead atoms. The van der Waals surface area contributed by atoms with Gasteiger partial charge in [0.1, 0.15) is 11.9 Å². The zero-order valence-corrected chi connectivity index (χ0v) is 19.5. The maximum absolute atomic E-state index is 13.3. The van der Waals surface area contributed by atoms with Gasteiger partial charge in [-0.2, -0.15) is 0 Å². The molecule has 3 aliphatic rings. The monoisotopic (exact) mass is 489 g/mol. The predicted molar refractivity (Wildman–Crippen MR) is 121 cm³/mol. The van der Waals surface area contributed by atoms with E-state index in [1.54, 1.807) is 12.1 Å². The first-order chi connectivity index (χ1) is 14.9. The van der Waals surface area contributed by atoms with Crippen LogP contribution < -0.4 is 4.74 Å². The van der Waals surface area contributed by atoms with Crippen molar-refractivity contribution in [3.8, 4) is 11.5 Å². The molecule has 1 aliphatic heterocycles. The lowest BCUT2D eigenvalue weighted by Crippen LogP contribution is -2.39. The molecule has 0 radical (unpaired) electrons. The summed E-state index contributed by atoms with van der Waals surface area (Å²) in [6.45, 7) is 4.04. The molecule has 4 rings (SSSR count). The second-order valence-electron chi connectivity index (χ2n) is 8.47. The van der Waals surface area contributed by atoms with Gasteiger partial charge in [0.05, 0.1) is 22.6 Å². The number of carbonyl (C=O) groups is 2. The van der Waals surface area contributed by atoms with Gasteiger partial charge in [0, 0.05) is 23.7 Å². The Morgan fingerprint density at radius 1 is 1.19 bits per heavy atom. The van der Waals surface area contributed by atoms with Gasteiger partial charge >= 0.3 is 5.97 Å². The fraction of sp³-hybridized carbons (Fsp3) is 0.542. The summed E-state index contributed by atoms with van der Waals surface area (Å²) in [5.41, 5.74) is 2.61. The van der Waals surface area contributed by atoms with Crippen molar-refractivity contribution in [1.29, 1.82) is 0 Å². The lowest BCUT2D eigenvalue weighted by Gasteiger charge is -2.36. The van der Waals surface area contributed by atoms with Crippen LogP contribution in [-0.2, 0) is 14.3 Å². The van der Waals surface area contributed by atoms with Crippen LogP contribution in [0.25, 0.3) is 0 Å². The first-order valence-corrected chi connectivity index (χ1v) is 11.9. The summed E-state index contributed by atoms with van der Waals surface area (Å²) < 4.78 is 11.9. The van der Waals surface area contributed by atoms with Gasteiger partial charge in [-0.05, 0) is 86.0 Å². The molecule has 1 aromatic rings. The summed E-state index contributed by atoms with van der Waals surface area (Å²) in [6, 6.07) is 3.50. The highest BCUT2D eigenvalue weighted by Gasteiger charge is 2.44. The Balaban J connectivity index is 1.81. The van der Waals surface area contributed by atoms with Gasteiger partial charge in [-0.3, -0.25) is 9.79 Å². The number of ketones is 1. The molecule has 0 amide bonds. The Labute approximate surface area is 190 Å². The lowest BCUT2D eigenvalue weighted by molar-refractivity contribution is -0.144. The molecule has 166 valence electrons. The van der Waals surface area contributed by atoms with Gasteiger partial charge in [0.15, 0.2) is 11.5 Å². The molecule has 0 aromatic heterocycles. The molecule has 2 aliphatic carbocycles. The third-order valence-electron chi connectivity index (χ3n) is 6.41. The second-order valence-corrected chi connectivity index (χ2v) is 9.33. The van der Waals surface area contributed by atoms with Crippen molar-refractivity contribution in [3.05, 3.63) is 33.4 Å². The average Bonchev–Trinajstić information content (AvgIpc) is 3.23. The number of fused-ring (bicyclic) bond motifs is 1. The summed E-state index contributed by atoms with van der Waals surface area (Å²) in [5, 5.41) is 10.4. The number of esters is 1. The largest absolute Gasteiger partial charge is 0.503 e. The summed E-state index contributed by atoms with van der Waals surface area (Å²) >= 11 is 3.40. The molecule has 2 saturated carbocycles. The van der Waals surface area contributed by atoms with E-state index in [2.05, 4.69) is 20.9 Å². The number of allylic oxidation sites excluding steroid dienone is 1. The number of aliphatic imine (C=N–C) groups is 1. The summed E-state index contributed by atoms with van der Waals surface area (Å²) in [7, 11) is 0. The van der Waals surface area contributed by atoms with Crippen LogP contribution in [0.15, 0.2) is 32.9 Å². The topological polar surface area (TPSA) is 85.2 Å². The van der Waals surface area contributed by atoms with E-state index in [0.29, 0.717) is 34.5 Å². The Hall–Kier alpha value is -2.15. The van der Waals surface area contributed by atoms with Crippen LogP contribution in [0.5, 0.6) is 11.5 Å². The van der Waals surface area contributed by atoms with Crippen molar-refractivity contribution >= 4 is 33.4 Å². The number of hydrogen-bond acceptors (Lipinski definition) is 6. The number of phenolic OH excluding ortho intramolecular Hbond substituents is 1. The van der Waals surface area contributed by atoms with Crippen LogP contribution >= 0.6 is 15.9 Å². The van der Waals surface area contributed by atoms with E-state index in [0.717, 1.165) is 49.8 Å². The number of nitrogens with zero attached hydrogens (tertiary/aromatic N) is 1. The van der Waals surface area contributed by atoms with Crippen LogP contribution in [0.4, 0.5) is 0 Å². The Morgan fingerprint density at radius 3 is 2.65 bits per heavy atom. The normalized spacial score (nSPS) is 24.1. The molecule has 2 atom stereocenters. The fourth-order valence-corrected chi connectivity index (χ4v) is 5.47. The highest BCUT2D eigenvalue weighted by Crippen LogP contribution is 2.47. The highest BCUT2D eigenvalue weighted by molar-refractivity contribution is 9.10. The number of rotatable bonds is 5. The van der Waals surface area contributed by atoms with Gasteiger partial charge in [0.2, 0.25) is 0 Å². The summed E-state index contributed by atoms with van der Waals surface area (Å²) in [6.07, 6.45) is 5.79. The molecule has 1 N–H and O–H groups in total. The number of halogens is 1. The zero-order chi connectivity index (χ0) is 22.1. The molecule has 1 aromatic carbocycles. The van der Waals surface area contributed by atoms with E-state index in [1.165, 1.54) is 0 Å². The Bertz CT molecular complexity index is 961. The van der Waals surface area contributed by atoms with E-state index in [9.17, 15) is 14.7 Å². The smallest absolute Gasteiger partial charge is 0.336 e. The van der Waals surface area contributed by atoms with E-state index < -0.39 is 17.8 Å². The highest BCUT2D eigenvalue weighted by atomic mass is 79.9. The standard InChI is InChI=1S/C24H28BrNO5/c1-3-30-19-12-14(11-16(25)23(19)28)21-20(24(29)31-15-7-4-5-8-15)13(2)26-17-9-6-10-18(27)22(17)21/h11-12,15,21-22,28H,3-10H2,1-2H3/t21-,22?/m1/s1. The molecule has 1 heterocycles. The van der Waals surface area contributed by atoms with Crippen molar-refractivity contribution in [2.75, 3.05) is 6.61 Å². The predicted octanol–water partition coefficient (Wildman–Crippen LogP) is 5.22. The quantitative estimate of drug-likeness (QED) is 0.572. The molecule has 0 saturated heterocycles. The molecular formula is C24H28BrNO5. The molecule has 31 heavy (non-hydrogen) atoms. The third-order valence-corrected chi connectivity index (χ3v) is 7.02. The Morgan fingerprint density at radius 2 is 1.94 bits per heavy atom. The van der Waals surface area contributed by atoms with Gasteiger partial charge in [-0.1, -0.05) is 0 Å². The van der Waals surface area contributed by atoms with Gasteiger partial charge in [-0.15, -0.1) is 0 Å². The minimum absolute atomic E-state index is 0.000976. The first-order valence-electron chi connectivity index (χ1n) is 11.1. The minimum Gasteiger partial charge on any atom is -0.503 e. The van der Waals surface area contributed by atoms with Crippen LogP contribution in [0.3, 0.4) is 0 Å². The van der Waals surface area contributed by atoms with Gasteiger partial charge in [-0.25, -0.2) is 4.79 Å². The second kappa shape index (κ2) is 9.15. The first kappa shape index (κ1) is 22.1. The summed E-state index contributed by atoms with van der Waals surface area (Å²) in [5.74, 6) is -0.977. The van der Waals surface area contributed by atoms with E-state index in [-0.39, 0.29) is 17.6 Å². The number of hydrogen-bond donors (Lipinski definition) is 1. The van der Waals surface area contributed by atoms with Crippen LogP contribution in [-0.4, -0.2) is 35.3 Å². The third kappa shape index (κ3) is 4.29. The van der Waals surface area contributed by atoms with Crippen molar-refractivity contribution in [1.82, 2.24) is 0 Å². The van der Waals surface area contributed by atoms with Crippen LogP contribution in [0.2, 0.25) is 0 Å². The molecular weight excluding hydrogens is 462 g/mol. The number of carbonyl (C=O) groups excluding carboxylic acids is 2. The van der Waals surface area contributed by atoms with Crippen molar-refractivity contribution in [2.24, 2.45) is 10.9 Å². The zero-order valence-electron chi connectivity index (χ0n) is 17.9. The maximum atomic E-state index is 13.3. The van der Waals surface area contributed by atoms with Crippen molar-refractivity contribution < 1.29 is 24.2 Å². The molecule has 6 nitrogen and oxygen atoms in total. The number of Topliss-reactive ketones (excluding diaryl/α,β-unsaturated/α-hetero) is 1. The number of ether oxygens (including phenoxy) is 2. The fourth-order valence-electron chi connectivity index (χ4n) is 5.01. The average molecular weight is 490 g/mol. The van der Waals surface area contributed by atoms with Crippen LogP contribution in [0.1, 0.15) is 70.3 Å². The molecule has 1 unspecified atom stereocenters. The lowest BCUT2D eigenvalue weighted by atomic mass is 9.69. The van der Waals surface area contributed by atoms with E-state index in [4.69, 9.17) is 9.47 Å². The van der Waals surface area contributed by atoms with Crippen LogP contribution in [0, 0.1) is 5.92 Å². The minimum atomic E-state index is -0.509. The van der Waals surface area contributed by atoms with Gasteiger partial charge in [0.25, 0.3) is 0 Å². The van der Waals surface area contributed by atoms with E-state index >= 15 is 0 Å². The van der Waals surface area contributed by atoms with Gasteiger partial charge < -0.3 is 14.6 Å². The molecule has 0 spiro atoms. The van der Waals surface area contributed by atoms with E-state index in [1.807, 2.05) is 13.8 Å². The summed E-state index contributed by atoms with van der Waals surface area (Å²) in [4.78, 5) is 31.1. The van der Waals surface area contributed by atoms with Crippen molar-refractivity contribution in [2.45, 2.75) is 70.8 Å². The molecule has 7 heteroatoms. The SMILES string of the molecule is CCOc1cc([C@@H]2C(C(=O)OC3CCCC3)=C(C)N=C3CCCC(=O)C32)cc(Br)c1O. The number of aromatic hydroxyl groups is 1.